The number of aliphatic hydroxyl groups is 2. The highest BCUT2D eigenvalue weighted by Gasteiger charge is 2.68. The molecule has 0 aromatic heterocycles. The molecule has 3 aliphatic carbocycles. The zero-order chi connectivity index (χ0) is 18.8. The highest BCUT2D eigenvalue weighted by molar-refractivity contribution is 6.21. The van der Waals surface area contributed by atoms with E-state index in [0.29, 0.717) is 13.0 Å². The van der Waals surface area contributed by atoms with E-state index in [2.05, 4.69) is 0 Å². The van der Waals surface area contributed by atoms with Crippen LogP contribution in [0.4, 0.5) is 0 Å². The molecule has 0 amide bonds. The van der Waals surface area contributed by atoms with E-state index in [4.69, 9.17) is 4.74 Å². The summed E-state index contributed by atoms with van der Waals surface area (Å²) in [5.74, 6) is -1.92. The first kappa shape index (κ1) is 19.6. The summed E-state index contributed by atoms with van der Waals surface area (Å²) in [6.07, 6.45) is 8.12. The summed E-state index contributed by atoms with van der Waals surface area (Å²) in [5, 5.41) is 21.2. The van der Waals surface area contributed by atoms with Gasteiger partial charge in [-0.3, -0.25) is 9.59 Å². The number of carbonyl (C=O) groups is 2. The molecule has 138 valence electrons. The lowest BCUT2D eigenvalue weighted by atomic mass is 9.50. The Morgan fingerprint density at radius 1 is 1.32 bits per heavy atom. The van der Waals surface area contributed by atoms with Crippen molar-refractivity contribution in [3.63, 3.8) is 0 Å². The Bertz CT molecular complexity index is 640. The van der Waals surface area contributed by atoms with E-state index < -0.39 is 34.6 Å². The average molecular weight is 348 g/mol. The van der Waals surface area contributed by atoms with Crippen molar-refractivity contribution in [2.24, 2.45) is 11.3 Å². The Morgan fingerprint density at radius 3 is 2.60 bits per heavy atom. The summed E-state index contributed by atoms with van der Waals surface area (Å²) >= 11 is 0. The van der Waals surface area contributed by atoms with E-state index in [1.807, 2.05) is 13.8 Å². The molecule has 0 aliphatic heterocycles. The maximum atomic E-state index is 13.0. The van der Waals surface area contributed by atoms with Crippen molar-refractivity contribution in [2.45, 2.75) is 58.7 Å². The average Bonchev–Trinajstić information content (AvgIpc) is 2.56. The Morgan fingerprint density at radius 2 is 2.00 bits per heavy atom. The van der Waals surface area contributed by atoms with Gasteiger partial charge in [0.25, 0.3) is 0 Å². The van der Waals surface area contributed by atoms with Gasteiger partial charge in [0.2, 0.25) is 0 Å². The van der Waals surface area contributed by atoms with Crippen LogP contribution in [0.1, 0.15) is 47.0 Å². The number of unbranched alkanes of at least 4 members (excludes halogenated alkanes) is 1. The third-order valence-corrected chi connectivity index (χ3v) is 5.42. The molecule has 1 unspecified atom stereocenters. The minimum absolute atomic E-state index is 0.128. The number of aliphatic hydroxyl groups excluding tert-OH is 1. The van der Waals surface area contributed by atoms with E-state index >= 15 is 0 Å². The van der Waals surface area contributed by atoms with Gasteiger partial charge in [-0.05, 0) is 39.7 Å². The van der Waals surface area contributed by atoms with Crippen molar-refractivity contribution in [1.82, 2.24) is 0 Å². The summed E-state index contributed by atoms with van der Waals surface area (Å²) in [6.45, 7) is 7.30. The van der Waals surface area contributed by atoms with Crippen molar-refractivity contribution in [1.29, 1.82) is 0 Å². The summed E-state index contributed by atoms with van der Waals surface area (Å²) < 4.78 is 5.83. The van der Waals surface area contributed by atoms with Gasteiger partial charge in [-0.1, -0.05) is 31.6 Å². The van der Waals surface area contributed by atoms with Gasteiger partial charge in [0, 0.05) is 18.1 Å². The number of hydrogen-bond donors (Lipinski definition) is 2. The topological polar surface area (TPSA) is 83.8 Å². The van der Waals surface area contributed by atoms with Crippen LogP contribution in [0, 0.1) is 11.3 Å². The highest BCUT2D eigenvalue weighted by atomic mass is 16.5. The predicted molar refractivity (Wildman–Crippen MR) is 95.1 cm³/mol. The SMILES string of the molecule is C/C=C/C=C/C(O)=C1\C(=O)[C@]2(C)C(=O)[C@@](C)(O)[C@H]1CC2OCCCC. The maximum absolute atomic E-state index is 13.0. The van der Waals surface area contributed by atoms with E-state index in [9.17, 15) is 19.8 Å². The summed E-state index contributed by atoms with van der Waals surface area (Å²) in [4.78, 5) is 25.9. The molecule has 3 rings (SSSR count). The molecule has 2 N–H and O–H groups in total. The number of ketones is 2. The fourth-order valence-electron chi connectivity index (χ4n) is 3.84. The van der Waals surface area contributed by atoms with Crippen LogP contribution in [-0.2, 0) is 14.3 Å². The molecule has 4 atom stereocenters. The van der Waals surface area contributed by atoms with Gasteiger partial charge in [-0.15, -0.1) is 0 Å². The van der Waals surface area contributed by atoms with E-state index in [1.54, 1.807) is 18.2 Å². The number of ether oxygens (including phenoxy) is 1. The fraction of sp³-hybridized carbons (Fsp3) is 0.600. The molecule has 2 bridgehead atoms. The molecule has 0 radical (unpaired) electrons. The lowest BCUT2D eigenvalue weighted by Gasteiger charge is -2.54. The van der Waals surface area contributed by atoms with Crippen molar-refractivity contribution in [2.75, 3.05) is 6.61 Å². The lowest BCUT2D eigenvalue weighted by Crippen LogP contribution is -2.69. The van der Waals surface area contributed by atoms with Gasteiger partial charge in [0.05, 0.1) is 6.10 Å². The van der Waals surface area contributed by atoms with Gasteiger partial charge < -0.3 is 14.9 Å². The van der Waals surface area contributed by atoms with Gasteiger partial charge in [0.1, 0.15) is 16.8 Å². The van der Waals surface area contributed by atoms with E-state index in [0.717, 1.165) is 12.8 Å². The minimum Gasteiger partial charge on any atom is -0.508 e. The second-order valence-electron chi connectivity index (χ2n) is 7.19. The molecule has 0 saturated heterocycles. The number of fused-ring (bicyclic) bond motifs is 3. The fourth-order valence-corrected chi connectivity index (χ4v) is 3.84. The normalized spacial score (nSPS) is 37.5. The smallest absolute Gasteiger partial charge is 0.180 e. The Kier molecular flexibility index (Phi) is 5.69. The Labute approximate surface area is 149 Å². The van der Waals surface area contributed by atoms with Crippen molar-refractivity contribution < 1.29 is 24.5 Å². The van der Waals surface area contributed by atoms with Crippen LogP contribution in [0.2, 0.25) is 0 Å². The second kappa shape index (κ2) is 7.26. The molecule has 3 fully saturated rings. The van der Waals surface area contributed by atoms with Crippen molar-refractivity contribution in [3.05, 3.63) is 35.6 Å². The maximum Gasteiger partial charge on any atom is 0.180 e. The van der Waals surface area contributed by atoms with Crippen molar-refractivity contribution in [3.8, 4) is 0 Å². The number of Topliss-reactive ketones (excluding diaryl/α,β-unsaturated/α-hetero) is 2. The number of carbonyl (C=O) groups excluding carboxylic acids is 2. The summed E-state index contributed by atoms with van der Waals surface area (Å²) in [7, 11) is 0. The quantitative estimate of drug-likeness (QED) is 0.253. The lowest BCUT2D eigenvalue weighted by molar-refractivity contribution is -0.186. The first-order valence-electron chi connectivity index (χ1n) is 8.89. The molecular weight excluding hydrogens is 320 g/mol. The standard InChI is InChI=1S/C20H28O5/c1-5-7-9-10-14(21)16-13-12-15(25-11-8-6-2)19(3,17(16)22)18(23)20(13,4)24/h5,7,9-10,13,15,21,24H,6,8,11-12H2,1-4H3/b7-5+,10-9+,16-14+/t13-,15?,19+,20-/m0/s1. The molecule has 0 aromatic rings. The minimum atomic E-state index is -1.69. The van der Waals surface area contributed by atoms with Gasteiger partial charge in [-0.25, -0.2) is 0 Å². The summed E-state index contributed by atoms with van der Waals surface area (Å²) in [5.41, 5.74) is -3.03. The molecule has 5 heteroatoms. The molecule has 0 spiro atoms. The zero-order valence-corrected chi connectivity index (χ0v) is 15.4. The van der Waals surface area contributed by atoms with E-state index in [-0.39, 0.29) is 11.3 Å². The molecule has 0 heterocycles. The van der Waals surface area contributed by atoms with Gasteiger partial charge in [0.15, 0.2) is 11.6 Å². The van der Waals surface area contributed by atoms with Crippen LogP contribution < -0.4 is 0 Å². The van der Waals surface area contributed by atoms with Crippen molar-refractivity contribution >= 4 is 11.6 Å². The zero-order valence-electron chi connectivity index (χ0n) is 15.4. The van der Waals surface area contributed by atoms with Crippen LogP contribution in [-0.4, -0.2) is 40.1 Å². The molecule has 25 heavy (non-hydrogen) atoms. The largest absolute Gasteiger partial charge is 0.508 e. The predicted octanol–water partition coefficient (Wildman–Crippen LogP) is 3.05. The third kappa shape index (κ3) is 3.11. The van der Waals surface area contributed by atoms with Crippen LogP contribution in [0.15, 0.2) is 35.6 Å². The van der Waals surface area contributed by atoms with E-state index in [1.165, 1.54) is 19.9 Å². The van der Waals surface area contributed by atoms with Gasteiger partial charge in [-0.2, -0.15) is 0 Å². The van der Waals surface area contributed by atoms with Crippen LogP contribution in [0.3, 0.4) is 0 Å². The molecular formula is C20H28O5. The Balaban J connectivity index is 2.46. The number of allylic oxidation sites excluding steroid dienone is 4. The highest BCUT2D eigenvalue weighted by Crippen LogP contribution is 2.54. The molecule has 3 aliphatic rings. The van der Waals surface area contributed by atoms with Crippen LogP contribution >= 0.6 is 0 Å². The monoisotopic (exact) mass is 348 g/mol. The molecule has 0 aromatic carbocycles. The Hall–Kier alpha value is -1.72. The first-order chi connectivity index (χ1) is 11.7. The van der Waals surface area contributed by atoms with Crippen LogP contribution in [0.25, 0.3) is 0 Å². The van der Waals surface area contributed by atoms with Gasteiger partial charge >= 0.3 is 0 Å². The second-order valence-corrected chi connectivity index (χ2v) is 7.19. The first-order valence-corrected chi connectivity index (χ1v) is 8.89. The van der Waals surface area contributed by atoms with Crippen LogP contribution in [0.5, 0.6) is 0 Å². The summed E-state index contributed by atoms with van der Waals surface area (Å²) in [6, 6.07) is 0. The number of hydrogen-bond acceptors (Lipinski definition) is 5. The molecule has 5 nitrogen and oxygen atoms in total. The number of rotatable bonds is 6. The third-order valence-electron chi connectivity index (χ3n) is 5.42. The molecule has 3 saturated carbocycles.